The van der Waals surface area contributed by atoms with Crippen molar-refractivity contribution in [2.45, 2.75) is 0 Å². The Morgan fingerprint density at radius 3 is 2.56 bits per heavy atom. The van der Waals surface area contributed by atoms with Crippen LogP contribution in [0.2, 0.25) is 0 Å². The van der Waals surface area contributed by atoms with Crippen molar-refractivity contribution >= 4 is 23.7 Å². The summed E-state index contributed by atoms with van der Waals surface area (Å²) in [7, 11) is -0.293. The highest BCUT2D eigenvalue weighted by atomic mass is 19.3. The lowest BCUT2D eigenvalue weighted by Crippen LogP contribution is -2.30. The monoisotopic (exact) mass is 228 g/mol. The highest BCUT2D eigenvalue weighted by Crippen LogP contribution is 2.21. The van der Waals surface area contributed by atoms with E-state index in [0.717, 1.165) is 0 Å². The maximum atomic E-state index is 11.9. The van der Waals surface area contributed by atoms with Crippen molar-refractivity contribution in [1.29, 1.82) is 0 Å². The van der Waals surface area contributed by atoms with E-state index >= 15 is 0 Å². The van der Waals surface area contributed by atoms with Gasteiger partial charge >= 0.3 is 7.12 Å². The summed E-state index contributed by atoms with van der Waals surface area (Å²) in [5, 5.41) is 0.633. The van der Waals surface area contributed by atoms with E-state index in [4.69, 9.17) is 9.15 Å². The van der Waals surface area contributed by atoms with E-state index in [0.29, 0.717) is 16.7 Å². The molecule has 0 saturated carbocycles. The summed E-state index contributed by atoms with van der Waals surface area (Å²) >= 11 is 0. The number of ether oxygens (including phenoxy) is 1. The van der Waals surface area contributed by atoms with E-state index in [1.807, 2.05) is 0 Å². The lowest BCUT2D eigenvalue weighted by Gasteiger charge is -1.96. The first kappa shape index (κ1) is 10.9. The normalized spacial score (nSPS) is 10.7. The summed E-state index contributed by atoms with van der Waals surface area (Å²) in [6.45, 7) is 0. The molecule has 0 radical (unpaired) electrons. The molecule has 0 amide bonds. The Bertz CT molecular complexity index is 483. The van der Waals surface area contributed by atoms with Crippen molar-refractivity contribution in [2.75, 3.05) is 7.11 Å². The molecular formula is C9H7BF2O4. The van der Waals surface area contributed by atoms with Gasteiger partial charge in [0, 0.05) is 5.39 Å². The summed E-state index contributed by atoms with van der Waals surface area (Å²) < 4.78 is 33.9. The zero-order valence-corrected chi connectivity index (χ0v) is 8.28. The summed E-state index contributed by atoms with van der Waals surface area (Å²) in [5.74, 6) is 0.610. The number of hydrogen-bond donors (Lipinski definition) is 0. The highest BCUT2D eigenvalue weighted by molar-refractivity contribution is 6.59. The van der Waals surface area contributed by atoms with Gasteiger partial charge in [0.2, 0.25) is 0 Å². The van der Waals surface area contributed by atoms with Crippen LogP contribution < -0.4 is 10.4 Å². The van der Waals surface area contributed by atoms with Gasteiger partial charge in [0.1, 0.15) is 17.0 Å². The van der Waals surface area contributed by atoms with Crippen LogP contribution in [0.4, 0.5) is 9.05 Å². The molecule has 0 atom stereocenters. The van der Waals surface area contributed by atoms with Gasteiger partial charge in [0.25, 0.3) is 0 Å². The quantitative estimate of drug-likeness (QED) is 0.749. The molecule has 0 fully saturated rings. The van der Waals surface area contributed by atoms with Gasteiger partial charge < -0.3 is 9.15 Å². The zero-order chi connectivity index (χ0) is 11.5. The van der Waals surface area contributed by atoms with E-state index in [1.165, 1.54) is 13.2 Å². The third kappa shape index (κ3) is 1.87. The molecule has 0 aliphatic carbocycles. The van der Waals surface area contributed by atoms with Crippen molar-refractivity contribution in [1.82, 2.24) is 0 Å². The van der Waals surface area contributed by atoms with Crippen molar-refractivity contribution in [2.24, 2.45) is 0 Å². The van der Waals surface area contributed by atoms with Gasteiger partial charge in [-0.1, -0.05) is 9.05 Å². The zero-order valence-electron chi connectivity index (χ0n) is 8.28. The summed E-state index contributed by atoms with van der Waals surface area (Å²) in [6.07, 6.45) is 0. The molecule has 84 valence electrons. The second-order valence-corrected chi connectivity index (χ2v) is 3.06. The maximum Gasteiger partial charge on any atom is 0.602 e. The fraction of sp³-hybridized carbons (Fsp3) is 0.111. The smallest absolute Gasteiger partial charge is 0.497 e. The molecular weight excluding hydrogens is 221 g/mol. The molecule has 1 aromatic heterocycles. The minimum atomic E-state index is -1.81. The number of halogens is 2. The standard InChI is InChI=1S/C9H7BF2O4/c1-13-7-2-3-8-6(4-7)5-9(14-8)10(15-11)16-12/h2-5H,1H3. The van der Waals surface area contributed by atoms with Crippen LogP contribution in [0.15, 0.2) is 28.7 Å². The van der Waals surface area contributed by atoms with Crippen LogP contribution in [0, 0.1) is 0 Å². The Labute approximate surface area is 89.6 Å². The molecule has 16 heavy (non-hydrogen) atoms. The number of benzene rings is 1. The van der Waals surface area contributed by atoms with E-state index in [1.54, 1.807) is 18.2 Å². The highest BCUT2D eigenvalue weighted by Gasteiger charge is 2.29. The number of rotatable bonds is 4. The molecule has 4 nitrogen and oxygen atoms in total. The van der Waals surface area contributed by atoms with Gasteiger partial charge in [-0.15, -0.1) is 0 Å². The summed E-state index contributed by atoms with van der Waals surface area (Å²) in [5.41, 5.74) is 0.350. The van der Waals surface area contributed by atoms with Gasteiger partial charge in [-0.05, 0) is 24.3 Å². The Morgan fingerprint density at radius 1 is 1.19 bits per heavy atom. The predicted octanol–water partition coefficient (Wildman–Crippen LogP) is 1.94. The third-order valence-corrected chi connectivity index (χ3v) is 2.14. The molecule has 0 aliphatic heterocycles. The lowest BCUT2D eigenvalue weighted by molar-refractivity contribution is -0.101. The van der Waals surface area contributed by atoms with Crippen molar-refractivity contribution in [3.8, 4) is 5.75 Å². The van der Waals surface area contributed by atoms with Crippen LogP contribution in [0.5, 0.6) is 5.75 Å². The molecule has 7 heteroatoms. The van der Waals surface area contributed by atoms with Crippen LogP contribution in [-0.2, 0) is 9.72 Å². The molecule has 0 aliphatic rings. The minimum absolute atomic E-state index is 0.103. The van der Waals surface area contributed by atoms with Crippen LogP contribution in [0.3, 0.4) is 0 Å². The van der Waals surface area contributed by atoms with E-state index < -0.39 is 7.12 Å². The van der Waals surface area contributed by atoms with Gasteiger partial charge in [0.05, 0.1) is 7.11 Å². The molecule has 0 N–H and O–H groups in total. The fourth-order valence-electron chi connectivity index (χ4n) is 1.39. The maximum absolute atomic E-state index is 11.9. The Balaban J connectivity index is 2.43. The molecule has 0 spiro atoms. The Kier molecular flexibility index (Phi) is 3.07. The van der Waals surface area contributed by atoms with Crippen molar-refractivity contribution in [3.63, 3.8) is 0 Å². The number of hydrogen-bond acceptors (Lipinski definition) is 4. The number of methoxy groups -OCH3 is 1. The average molecular weight is 228 g/mol. The van der Waals surface area contributed by atoms with Gasteiger partial charge in [-0.2, -0.15) is 0 Å². The first-order chi connectivity index (χ1) is 7.78. The number of furan rings is 1. The minimum Gasteiger partial charge on any atom is -0.497 e. The van der Waals surface area contributed by atoms with E-state index in [9.17, 15) is 9.05 Å². The molecule has 0 unspecified atom stereocenters. The Morgan fingerprint density at radius 2 is 1.94 bits per heavy atom. The van der Waals surface area contributed by atoms with Crippen LogP contribution in [0.25, 0.3) is 11.0 Å². The van der Waals surface area contributed by atoms with E-state index in [2.05, 4.69) is 9.72 Å². The lowest BCUT2D eigenvalue weighted by atomic mass is 9.87. The van der Waals surface area contributed by atoms with Gasteiger partial charge in [0.15, 0.2) is 0 Å². The second-order valence-electron chi connectivity index (χ2n) is 3.06. The average Bonchev–Trinajstić information content (AvgIpc) is 2.72. The SMILES string of the molecule is COc1ccc2oc(B(OF)OF)cc2c1. The molecule has 1 heterocycles. The first-order valence-electron chi connectivity index (χ1n) is 4.40. The number of fused-ring (bicyclic) bond motifs is 1. The van der Waals surface area contributed by atoms with Crippen LogP contribution >= 0.6 is 0 Å². The van der Waals surface area contributed by atoms with Gasteiger partial charge in [-0.25, -0.2) is 9.72 Å². The molecule has 0 bridgehead atoms. The first-order valence-corrected chi connectivity index (χ1v) is 4.40. The summed E-state index contributed by atoms with van der Waals surface area (Å²) in [6, 6.07) is 6.35. The largest absolute Gasteiger partial charge is 0.602 e. The molecule has 0 saturated heterocycles. The second kappa shape index (κ2) is 4.50. The fourth-order valence-corrected chi connectivity index (χ4v) is 1.39. The van der Waals surface area contributed by atoms with E-state index in [-0.39, 0.29) is 5.66 Å². The Hall–Kier alpha value is -1.60. The predicted molar refractivity (Wildman–Crippen MR) is 52.5 cm³/mol. The van der Waals surface area contributed by atoms with Crippen LogP contribution in [0.1, 0.15) is 0 Å². The van der Waals surface area contributed by atoms with Crippen molar-refractivity contribution in [3.05, 3.63) is 24.3 Å². The third-order valence-electron chi connectivity index (χ3n) is 2.14. The summed E-state index contributed by atoms with van der Waals surface area (Å²) in [4.78, 5) is 6.50. The molecule has 2 aromatic rings. The van der Waals surface area contributed by atoms with Crippen molar-refractivity contribution < 1.29 is 27.9 Å². The molecule has 1 aromatic carbocycles. The topological polar surface area (TPSA) is 40.8 Å². The van der Waals surface area contributed by atoms with Gasteiger partial charge in [-0.3, -0.25) is 0 Å². The van der Waals surface area contributed by atoms with Crippen LogP contribution in [-0.4, -0.2) is 14.2 Å². The molecule has 2 rings (SSSR count).